The number of amides is 1. The molecule has 2 heterocycles. The van der Waals surface area contributed by atoms with Gasteiger partial charge in [0, 0.05) is 5.39 Å². The highest BCUT2D eigenvalue weighted by Crippen LogP contribution is 2.31. The number of hydrogen-bond donors (Lipinski definition) is 1. The molecule has 38 heavy (non-hydrogen) atoms. The minimum Gasteiger partial charge on any atom is -0.497 e. The zero-order valence-corrected chi connectivity index (χ0v) is 21.9. The molecule has 0 saturated heterocycles. The maximum atomic E-state index is 13.4. The first-order chi connectivity index (χ1) is 18.5. The zero-order chi connectivity index (χ0) is 26.6. The lowest BCUT2D eigenvalue weighted by Crippen LogP contribution is -2.39. The van der Waals surface area contributed by atoms with Crippen LogP contribution in [-0.2, 0) is 0 Å². The Balaban J connectivity index is 1.44. The van der Waals surface area contributed by atoms with E-state index in [1.807, 2.05) is 54.8 Å². The van der Waals surface area contributed by atoms with Crippen molar-refractivity contribution in [2.24, 2.45) is 0 Å². The van der Waals surface area contributed by atoms with Crippen LogP contribution in [0.15, 0.2) is 84.4 Å². The quantitative estimate of drug-likeness (QED) is 0.246. The highest BCUT2D eigenvalue weighted by Gasteiger charge is 2.26. The zero-order valence-electron chi connectivity index (χ0n) is 21.1. The molecule has 2 atom stereocenters. The number of nitrogens with one attached hydrogen (secondary N) is 1. The minimum absolute atomic E-state index is 0.239. The fourth-order valence-corrected chi connectivity index (χ4v) is 5.03. The summed E-state index contributed by atoms with van der Waals surface area (Å²) in [6, 6.07) is 20.8. The number of carbonyl (C=O) groups is 1. The highest BCUT2D eigenvalue weighted by atomic mass is 32.1. The number of halogens is 1. The van der Waals surface area contributed by atoms with Gasteiger partial charge in [-0.25, -0.2) is 9.07 Å². The van der Waals surface area contributed by atoms with Crippen molar-refractivity contribution >= 4 is 28.1 Å². The first kappa shape index (κ1) is 25.3. The topological polar surface area (TPSA) is 74.6 Å². The van der Waals surface area contributed by atoms with Crippen LogP contribution in [0.5, 0.6) is 17.2 Å². The van der Waals surface area contributed by atoms with Crippen molar-refractivity contribution in [3.63, 3.8) is 0 Å². The van der Waals surface area contributed by atoms with Gasteiger partial charge in [0.25, 0.3) is 5.91 Å². The molecule has 1 N–H and O–H groups in total. The molecular formula is C29H26FN3O4S. The van der Waals surface area contributed by atoms with Gasteiger partial charge in [0.2, 0.25) is 0 Å². The molecular weight excluding hydrogens is 505 g/mol. The summed E-state index contributed by atoms with van der Waals surface area (Å²) in [7, 11) is 3.15. The van der Waals surface area contributed by atoms with Crippen molar-refractivity contribution < 1.29 is 23.4 Å². The number of hydrogen-bond acceptors (Lipinski definition) is 6. The molecule has 2 unspecified atom stereocenters. The molecule has 0 aliphatic carbocycles. The van der Waals surface area contributed by atoms with Crippen LogP contribution in [0.25, 0.3) is 16.6 Å². The van der Waals surface area contributed by atoms with Crippen molar-refractivity contribution in [1.82, 2.24) is 15.1 Å². The van der Waals surface area contributed by atoms with E-state index in [1.165, 1.54) is 23.5 Å². The standard InChI is InChI=1S/C29H26FN3O4S/c1-18(32-29(34)28-26(36-3)13-14-38-28)27(19-5-4-6-23(15-19)35-2)37-24-11-12-25-20(16-24)17-31-33(25)22-9-7-21(30)8-10-22/h4-18,27H,1-3H3,(H,32,34). The van der Waals surface area contributed by atoms with Gasteiger partial charge >= 0.3 is 0 Å². The van der Waals surface area contributed by atoms with Crippen molar-refractivity contribution in [2.75, 3.05) is 14.2 Å². The predicted octanol–water partition coefficient (Wildman–Crippen LogP) is 6.18. The summed E-state index contributed by atoms with van der Waals surface area (Å²) in [4.78, 5) is 13.5. The molecule has 5 aromatic rings. The molecule has 3 aromatic carbocycles. The Morgan fingerprint density at radius 1 is 1.00 bits per heavy atom. The van der Waals surface area contributed by atoms with Gasteiger partial charge < -0.3 is 19.5 Å². The summed E-state index contributed by atoms with van der Waals surface area (Å²) in [5.74, 6) is 1.28. The van der Waals surface area contributed by atoms with Crippen LogP contribution in [0.2, 0.25) is 0 Å². The third-order valence-electron chi connectivity index (χ3n) is 6.16. The fourth-order valence-electron chi connectivity index (χ4n) is 4.27. The summed E-state index contributed by atoms with van der Waals surface area (Å²) >= 11 is 1.32. The summed E-state index contributed by atoms with van der Waals surface area (Å²) in [5, 5.41) is 10.2. The molecule has 5 rings (SSSR count). The number of ether oxygens (including phenoxy) is 3. The SMILES string of the molecule is COc1cccc(C(Oc2ccc3c(cnn3-c3ccc(F)cc3)c2)C(C)NC(=O)c2sccc2OC)c1. The second-order valence-electron chi connectivity index (χ2n) is 8.65. The van der Waals surface area contributed by atoms with Crippen LogP contribution >= 0.6 is 11.3 Å². The Hall–Kier alpha value is -4.37. The first-order valence-corrected chi connectivity index (χ1v) is 12.8. The van der Waals surface area contributed by atoms with Gasteiger partial charge in [0.15, 0.2) is 0 Å². The lowest BCUT2D eigenvalue weighted by molar-refractivity contribution is 0.0883. The molecule has 194 valence electrons. The van der Waals surface area contributed by atoms with Gasteiger partial charge in [-0.1, -0.05) is 12.1 Å². The number of thiophene rings is 1. The van der Waals surface area contributed by atoms with Crippen LogP contribution in [0, 0.1) is 5.82 Å². The molecule has 0 fully saturated rings. The predicted molar refractivity (Wildman–Crippen MR) is 145 cm³/mol. The van der Waals surface area contributed by atoms with Gasteiger partial charge in [-0.15, -0.1) is 11.3 Å². The first-order valence-electron chi connectivity index (χ1n) is 11.9. The number of fused-ring (bicyclic) bond motifs is 1. The largest absolute Gasteiger partial charge is 0.497 e. The number of aromatic nitrogens is 2. The Labute approximate surface area is 223 Å². The van der Waals surface area contributed by atoms with E-state index in [9.17, 15) is 9.18 Å². The van der Waals surface area contributed by atoms with Crippen LogP contribution in [0.4, 0.5) is 4.39 Å². The van der Waals surface area contributed by atoms with E-state index in [4.69, 9.17) is 14.2 Å². The molecule has 0 radical (unpaired) electrons. The number of carbonyl (C=O) groups excluding carboxylic acids is 1. The Bertz CT molecular complexity index is 1560. The molecule has 0 bridgehead atoms. The van der Waals surface area contributed by atoms with Crippen LogP contribution in [-0.4, -0.2) is 35.9 Å². The molecule has 1 amide bonds. The second kappa shape index (κ2) is 10.9. The molecule has 0 aliphatic heterocycles. The molecule has 9 heteroatoms. The van der Waals surface area contributed by atoms with Gasteiger partial charge in [-0.05, 0) is 78.5 Å². The average Bonchev–Trinajstić information content (AvgIpc) is 3.59. The smallest absolute Gasteiger partial charge is 0.265 e. The van der Waals surface area contributed by atoms with Crippen molar-refractivity contribution in [3.8, 4) is 22.9 Å². The summed E-state index contributed by atoms with van der Waals surface area (Å²) in [5.41, 5.74) is 2.45. The molecule has 2 aromatic heterocycles. The summed E-state index contributed by atoms with van der Waals surface area (Å²) in [6.45, 7) is 1.90. The van der Waals surface area contributed by atoms with Gasteiger partial charge in [0.05, 0.1) is 37.7 Å². The van der Waals surface area contributed by atoms with E-state index in [2.05, 4.69) is 10.4 Å². The second-order valence-corrected chi connectivity index (χ2v) is 9.56. The minimum atomic E-state index is -0.524. The van der Waals surface area contributed by atoms with Gasteiger partial charge in [0.1, 0.15) is 34.0 Å². The van der Waals surface area contributed by atoms with Crippen LogP contribution in [0.1, 0.15) is 28.3 Å². The van der Waals surface area contributed by atoms with E-state index in [0.717, 1.165) is 22.2 Å². The third-order valence-corrected chi connectivity index (χ3v) is 7.06. The fraction of sp³-hybridized carbons (Fsp3) is 0.172. The Morgan fingerprint density at radius 2 is 1.82 bits per heavy atom. The molecule has 0 saturated carbocycles. The number of nitrogens with zero attached hydrogens (tertiary/aromatic N) is 2. The number of benzene rings is 3. The number of methoxy groups -OCH3 is 2. The van der Waals surface area contributed by atoms with E-state index in [0.29, 0.717) is 22.1 Å². The molecule has 7 nitrogen and oxygen atoms in total. The van der Waals surface area contributed by atoms with Gasteiger partial charge in [-0.3, -0.25) is 4.79 Å². The maximum Gasteiger partial charge on any atom is 0.265 e. The van der Waals surface area contributed by atoms with Gasteiger partial charge in [-0.2, -0.15) is 5.10 Å². The lowest BCUT2D eigenvalue weighted by Gasteiger charge is -2.27. The average molecular weight is 532 g/mol. The molecule has 0 spiro atoms. The number of rotatable bonds is 9. The summed E-state index contributed by atoms with van der Waals surface area (Å²) < 4.78 is 32.4. The third kappa shape index (κ3) is 5.19. The van der Waals surface area contributed by atoms with Crippen molar-refractivity contribution in [1.29, 1.82) is 0 Å². The maximum absolute atomic E-state index is 13.4. The van der Waals surface area contributed by atoms with E-state index < -0.39 is 12.1 Å². The van der Waals surface area contributed by atoms with Crippen molar-refractivity contribution in [3.05, 3.63) is 101 Å². The highest BCUT2D eigenvalue weighted by molar-refractivity contribution is 7.12. The summed E-state index contributed by atoms with van der Waals surface area (Å²) in [6.07, 6.45) is 1.21. The van der Waals surface area contributed by atoms with Crippen LogP contribution < -0.4 is 19.5 Å². The lowest BCUT2D eigenvalue weighted by atomic mass is 10.0. The monoisotopic (exact) mass is 531 g/mol. The van der Waals surface area contributed by atoms with Crippen LogP contribution in [0.3, 0.4) is 0 Å². The van der Waals surface area contributed by atoms with Crippen molar-refractivity contribution in [2.45, 2.75) is 19.1 Å². The molecule has 0 aliphatic rings. The normalized spacial score (nSPS) is 12.6. The van der Waals surface area contributed by atoms with E-state index in [1.54, 1.807) is 43.3 Å². The van der Waals surface area contributed by atoms with E-state index >= 15 is 0 Å². The Kier molecular flexibility index (Phi) is 7.28. The van der Waals surface area contributed by atoms with E-state index in [-0.39, 0.29) is 11.7 Å². The Morgan fingerprint density at radius 3 is 2.58 bits per heavy atom.